The van der Waals surface area contributed by atoms with Crippen molar-refractivity contribution in [2.45, 2.75) is 26.7 Å². The van der Waals surface area contributed by atoms with Gasteiger partial charge in [0, 0.05) is 6.20 Å². The summed E-state index contributed by atoms with van der Waals surface area (Å²) in [5.74, 6) is 1.47. The number of hydrogen-bond donors (Lipinski definition) is 0. The molecule has 106 valence electrons. The Bertz CT molecular complexity index is 738. The second-order valence-corrected chi connectivity index (χ2v) is 4.86. The van der Waals surface area contributed by atoms with Gasteiger partial charge in [0.1, 0.15) is 5.76 Å². The molecule has 0 N–H and O–H groups in total. The maximum Gasteiger partial charge on any atom is 0.153 e. The highest BCUT2D eigenvalue weighted by Gasteiger charge is 2.27. The van der Waals surface area contributed by atoms with Crippen LogP contribution in [0.25, 0.3) is 11.6 Å². The predicted octanol–water partition coefficient (Wildman–Crippen LogP) is 2.79. The topological polar surface area (TPSA) is 63.7 Å². The highest BCUT2D eigenvalue weighted by molar-refractivity contribution is 5.72. The first kappa shape index (κ1) is 13.4. The number of fused-ring (bicyclic) bond motifs is 1. The summed E-state index contributed by atoms with van der Waals surface area (Å²) >= 11 is 0. The van der Waals surface area contributed by atoms with Gasteiger partial charge in [-0.25, -0.2) is 9.67 Å². The third-order valence-electron chi connectivity index (χ3n) is 3.56. The highest BCUT2D eigenvalue weighted by Crippen LogP contribution is 2.35. The van der Waals surface area contributed by atoms with Crippen molar-refractivity contribution in [2.75, 3.05) is 6.61 Å². The van der Waals surface area contributed by atoms with E-state index in [1.54, 1.807) is 6.20 Å². The fourth-order valence-electron chi connectivity index (χ4n) is 2.69. The number of aromatic nitrogens is 3. The van der Waals surface area contributed by atoms with Crippen LogP contribution in [0.3, 0.4) is 0 Å². The molecule has 0 atom stereocenters. The number of pyridine rings is 1. The Kier molecular flexibility index (Phi) is 3.44. The quantitative estimate of drug-likeness (QED) is 0.867. The molecule has 0 aliphatic heterocycles. The van der Waals surface area contributed by atoms with Crippen LogP contribution >= 0.6 is 0 Å². The van der Waals surface area contributed by atoms with Crippen LogP contribution in [0.1, 0.15) is 30.3 Å². The summed E-state index contributed by atoms with van der Waals surface area (Å²) in [4.78, 5) is 4.36. The van der Waals surface area contributed by atoms with Gasteiger partial charge in [-0.05, 0) is 38.8 Å². The Hall–Kier alpha value is -2.61. The molecule has 21 heavy (non-hydrogen) atoms. The van der Waals surface area contributed by atoms with E-state index in [0.717, 1.165) is 29.2 Å². The fourth-order valence-corrected chi connectivity index (χ4v) is 2.69. The summed E-state index contributed by atoms with van der Waals surface area (Å²) in [6.07, 6.45) is 3.20. The number of aryl methyl sites for hydroxylation is 1. The number of allylic oxidation sites excluding steroid dienone is 1. The molecule has 2 aromatic heterocycles. The van der Waals surface area contributed by atoms with Crippen molar-refractivity contribution < 1.29 is 4.74 Å². The van der Waals surface area contributed by atoms with Crippen LogP contribution in [0.4, 0.5) is 0 Å². The van der Waals surface area contributed by atoms with E-state index in [1.807, 2.05) is 36.7 Å². The van der Waals surface area contributed by atoms with Gasteiger partial charge in [0.15, 0.2) is 5.82 Å². The van der Waals surface area contributed by atoms with Gasteiger partial charge in [0.25, 0.3) is 0 Å². The number of ether oxygens (including phenoxy) is 1. The van der Waals surface area contributed by atoms with Gasteiger partial charge in [-0.1, -0.05) is 6.07 Å². The number of nitriles is 1. The molecule has 1 aliphatic carbocycles. The van der Waals surface area contributed by atoms with Gasteiger partial charge in [-0.2, -0.15) is 10.4 Å². The molecule has 0 saturated heterocycles. The van der Waals surface area contributed by atoms with Crippen molar-refractivity contribution in [1.29, 1.82) is 5.26 Å². The first-order valence-corrected chi connectivity index (χ1v) is 7.02. The molecule has 3 rings (SSSR count). The van der Waals surface area contributed by atoms with E-state index in [1.165, 1.54) is 0 Å². The van der Waals surface area contributed by atoms with E-state index in [0.29, 0.717) is 24.4 Å². The Morgan fingerprint density at radius 3 is 2.90 bits per heavy atom. The smallest absolute Gasteiger partial charge is 0.153 e. The maximum absolute atomic E-state index is 9.30. The number of hydrogen-bond acceptors (Lipinski definition) is 4. The molecule has 0 aromatic carbocycles. The summed E-state index contributed by atoms with van der Waals surface area (Å²) < 4.78 is 7.59. The Morgan fingerprint density at radius 1 is 1.38 bits per heavy atom. The number of nitrogens with zero attached hydrogens (tertiary/aromatic N) is 4. The molecule has 0 spiro atoms. The van der Waals surface area contributed by atoms with Crippen molar-refractivity contribution in [1.82, 2.24) is 14.8 Å². The second-order valence-electron chi connectivity index (χ2n) is 4.86. The van der Waals surface area contributed by atoms with Crippen LogP contribution < -0.4 is 0 Å². The van der Waals surface area contributed by atoms with Crippen molar-refractivity contribution in [3.8, 4) is 11.9 Å². The minimum atomic E-state index is 0.536. The Balaban J connectivity index is 2.19. The van der Waals surface area contributed by atoms with Crippen LogP contribution in [-0.4, -0.2) is 21.4 Å². The first-order chi connectivity index (χ1) is 10.3. The highest BCUT2D eigenvalue weighted by atomic mass is 16.5. The zero-order valence-corrected chi connectivity index (χ0v) is 12.1. The van der Waals surface area contributed by atoms with E-state index in [-0.39, 0.29) is 0 Å². The molecule has 1 aliphatic rings. The van der Waals surface area contributed by atoms with E-state index in [4.69, 9.17) is 4.74 Å². The second kappa shape index (κ2) is 5.41. The van der Waals surface area contributed by atoms with E-state index >= 15 is 0 Å². The Labute approximate surface area is 123 Å². The molecule has 0 radical (unpaired) electrons. The minimum absolute atomic E-state index is 0.536. The van der Waals surface area contributed by atoms with Crippen LogP contribution in [0.2, 0.25) is 0 Å². The molecular formula is C16H16N4O. The van der Waals surface area contributed by atoms with E-state index < -0.39 is 0 Å². The predicted molar refractivity (Wildman–Crippen MR) is 78.6 cm³/mol. The molecule has 0 saturated carbocycles. The summed E-state index contributed by atoms with van der Waals surface area (Å²) in [6.45, 7) is 4.40. The zero-order chi connectivity index (χ0) is 14.8. The zero-order valence-electron chi connectivity index (χ0n) is 12.1. The lowest BCUT2D eigenvalue weighted by Gasteiger charge is -2.18. The summed E-state index contributed by atoms with van der Waals surface area (Å²) in [5.41, 5.74) is 3.58. The lowest BCUT2D eigenvalue weighted by Crippen LogP contribution is -2.11. The molecule has 0 bridgehead atoms. The molecule has 0 unspecified atom stereocenters. The SMILES string of the molecule is CCOC1=C(C#N)CCc2c1c(C)nn2-c1ccccn1. The summed E-state index contributed by atoms with van der Waals surface area (Å²) in [7, 11) is 0. The minimum Gasteiger partial charge on any atom is -0.492 e. The monoisotopic (exact) mass is 280 g/mol. The molecule has 5 nitrogen and oxygen atoms in total. The van der Waals surface area contributed by atoms with E-state index in [9.17, 15) is 5.26 Å². The summed E-state index contributed by atoms with van der Waals surface area (Å²) in [5, 5.41) is 13.9. The first-order valence-electron chi connectivity index (χ1n) is 7.02. The average molecular weight is 280 g/mol. The lowest BCUT2D eigenvalue weighted by atomic mass is 9.94. The largest absolute Gasteiger partial charge is 0.492 e. The number of rotatable bonds is 3. The standard InChI is InChI=1S/C16H16N4O/c1-3-21-16-12(10-17)7-8-13-15(16)11(2)19-20(13)14-6-4-5-9-18-14/h4-6,9H,3,7-8H2,1-2H3. The van der Waals surface area contributed by atoms with Gasteiger partial charge < -0.3 is 4.74 Å². The van der Waals surface area contributed by atoms with Crippen LogP contribution in [0, 0.1) is 18.3 Å². The molecule has 0 amide bonds. The van der Waals surface area contributed by atoms with Gasteiger partial charge in [0.05, 0.1) is 35.2 Å². The third-order valence-corrected chi connectivity index (χ3v) is 3.56. The van der Waals surface area contributed by atoms with Crippen LogP contribution in [-0.2, 0) is 11.2 Å². The van der Waals surface area contributed by atoms with Crippen LogP contribution in [0.5, 0.6) is 0 Å². The molecule has 5 heteroatoms. The Morgan fingerprint density at radius 2 is 2.24 bits per heavy atom. The average Bonchev–Trinajstić information content (AvgIpc) is 2.86. The van der Waals surface area contributed by atoms with E-state index in [2.05, 4.69) is 16.2 Å². The molecule has 2 heterocycles. The molecule has 2 aromatic rings. The van der Waals surface area contributed by atoms with Crippen molar-refractivity contribution in [3.05, 3.63) is 46.9 Å². The maximum atomic E-state index is 9.30. The van der Waals surface area contributed by atoms with Gasteiger partial charge in [0.2, 0.25) is 0 Å². The lowest BCUT2D eigenvalue weighted by molar-refractivity contribution is 0.293. The van der Waals surface area contributed by atoms with Crippen molar-refractivity contribution >= 4 is 5.76 Å². The summed E-state index contributed by atoms with van der Waals surface area (Å²) in [6, 6.07) is 8.00. The van der Waals surface area contributed by atoms with Gasteiger partial charge in [-0.15, -0.1) is 0 Å². The van der Waals surface area contributed by atoms with Gasteiger partial charge in [-0.3, -0.25) is 0 Å². The van der Waals surface area contributed by atoms with Crippen molar-refractivity contribution in [2.24, 2.45) is 0 Å². The molecule has 0 fully saturated rings. The van der Waals surface area contributed by atoms with Gasteiger partial charge >= 0.3 is 0 Å². The van der Waals surface area contributed by atoms with Crippen LogP contribution in [0.15, 0.2) is 30.0 Å². The van der Waals surface area contributed by atoms with Crippen molar-refractivity contribution in [3.63, 3.8) is 0 Å². The molecular weight excluding hydrogens is 264 g/mol. The third kappa shape index (κ3) is 2.19. The normalized spacial score (nSPS) is 13.8. The fraction of sp³-hybridized carbons (Fsp3) is 0.312.